The smallest absolute Gasteiger partial charge is 0.150 e. The third kappa shape index (κ3) is 4.45. The van der Waals surface area contributed by atoms with Crippen LogP contribution in [0.1, 0.15) is 53.2 Å². The first kappa shape index (κ1) is 16.3. The molecule has 0 heterocycles. The number of ether oxygens (including phenoxy) is 1. The number of aldehydes is 1. The van der Waals surface area contributed by atoms with Gasteiger partial charge in [0.2, 0.25) is 0 Å². The van der Waals surface area contributed by atoms with Crippen LogP contribution in [0, 0.1) is 6.92 Å². The van der Waals surface area contributed by atoms with Gasteiger partial charge in [0.1, 0.15) is 12.4 Å². The standard InChI is InChI=1S/C20H24O2/c1-3-4-6-11-18-13-19(12-16(2)20(18)14-21)22-15-17-9-7-5-8-10-17/h5,7-10,12-14H,3-4,6,11,15H2,1-2H3. The molecule has 0 atom stereocenters. The summed E-state index contributed by atoms with van der Waals surface area (Å²) in [5.74, 6) is 0.846. The molecule has 116 valence electrons. The maximum atomic E-state index is 11.3. The quantitative estimate of drug-likeness (QED) is 0.499. The SMILES string of the molecule is CCCCCc1cc(OCc2ccccc2)cc(C)c1C=O. The Balaban J connectivity index is 2.12. The van der Waals surface area contributed by atoms with E-state index in [9.17, 15) is 4.79 Å². The van der Waals surface area contributed by atoms with E-state index in [4.69, 9.17) is 4.74 Å². The van der Waals surface area contributed by atoms with Crippen molar-refractivity contribution in [3.63, 3.8) is 0 Å². The molecular weight excluding hydrogens is 272 g/mol. The van der Waals surface area contributed by atoms with E-state index in [1.54, 1.807) is 0 Å². The summed E-state index contributed by atoms with van der Waals surface area (Å²) in [7, 11) is 0. The van der Waals surface area contributed by atoms with E-state index in [1.165, 1.54) is 12.8 Å². The van der Waals surface area contributed by atoms with Gasteiger partial charge in [0.25, 0.3) is 0 Å². The van der Waals surface area contributed by atoms with Crippen molar-refractivity contribution < 1.29 is 9.53 Å². The van der Waals surface area contributed by atoms with Crippen molar-refractivity contribution in [2.24, 2.45) is 0 Å². The molecule has 0 aromatic heterocycles. The molecule has 2 nitrogen and oxygen atoms in total. The molecule has 0 unspecified atom stereocenters. The number of hydrogen-bond acceptors (Lipinski definition) is 2. The minimum atomic E-state index is 0.551. The second-order valence-corrected chi connectivity index (χ2v) is 5.66. The molecule has 0 N–H and O–H groups in total. The average molecular weight is 296 g/mol. The molecule has 0 fully saturated rings. The Labute approximate surface area is 133 Å². The summed E-state index contributed by atoms with van der Waals surface area (Å²) in [5.41, 5.74) is 4.06. The molecule has 0 amide bonds. The third-order valence-electron chi connectivity index (χ3n) is 3.86. The van der Waals surface area contributed by atoms with Crippen LogP contribution in [0.4, 0.5) is 0 Å². The van der Waals surface area contributed by atoms with Gasteiger partial charge in [-0.3, -0.25) is 4.79 Å². The molecule has 0 saturated heterocycles. The molecule has 22 heavy (non-hydrogen) atoms. The second-order valence-electron chi connectivity index (χ2n) is 5.66. The molecule has 2 aromatic rings. The molecular formula is C20H24O2. The normalized spacial score (nSPS) is 10.5. The van der Waals surface area contributed by atoms with Gasteiger partial charge in [-0.1, -0.05) is 50.1 Å². The maximum Gasteiger partial charge on any atom is 0.150 e. The van der Waals surface area contributed by atoms with Crippen LogP contribution in [0.15, 0.2) is 42.5 Å². The lowest BCUT2D eigenvalue weighted by Crippen LogP contribution is -2.01. The lowest BCUT2D eigenvalue weighted by molar-refractivity contribution is 0.112. The van der Waals surface area contributed by atoms with Gasteiger partial charge in [0.05, 0.1) is 0 Å². The molecule has 0 aliphatic heterocycles. The Bertz CT molecular complexity index is 603. The van der Waals surface area contributed by atoms with Crippen LogP contribution >= 0.6 is 0 Å². The van der Waals surface area contributed by atoms with Crippen molar-refractivity contribution in [1.82, 2.24) is 0 Å². The van der Waals surface area contributed by atoms with E-state index < -0.39 is 0 Å². The van der Waals surface area contributed by atoms with Gasteiger partial charge < -0.3 is 4.74 Å². The molecule has 0 saturated carbocycles. The van der Waals surface area contributed by atoms with Gasteiger partial charge in [0.15, 0.2) is 6.29 Å². The van der Waals surface area contributed by atoms with Crippen molar-refractivity contribution in [3.05, 3.63) is 64.7 Å². The molecule has 0 aliphatic carbocycles. The van der Waals surface area contributed by atoms with Crippen molar-refractivity contribution in [3.8, 4) is 5.75 Å². The highest BCUT2D eigenvalue weighted by Gasteiger charge is 2.08. The molecule has 0 radical (unpaired) electrons. The molecule has 0 spiro atoms. The van der Waals surface area contributed by atoms with Gasteiger partial charge in [-0.2, -0.15) is 0 Å². The number of benzene rings is 2. The second kappa shape index (κ2) is 8.38. The largest absolute Gasteiger partial charge is 0.489 e. The van der Waals surface area contributed by atoms with Gasteiger partial charge >= 0.3 is 0 Å². The van der Waals surface area contributed by atoms with Crippen LogP contribution in [0.3, 0.4) is 0 Å². The third-order valence-corrected chi connectivity index (χ3v) is 3.86. The summed E-state index contributed by atoms with van der Waals surface area (Å²) in [6.45, 7) is 4.71. The van der Waals surface area contributed by atoms with Crippen LogP contribution < -0.4 is 4.74 Å². The highest BCUT2D eigenvalue weighted by atomic mass is 16.5. The van der Waals surface area contributed by atoms with Gasteiger partial charge in [-0.15, -0.1) is 0 Å². The number of unbranched alkanes of at least 4 members (excludes halogenated alkanes) is 2. The van der Waals surface area contributed by atoms with E-state index in [-0.39, 0.29) is 0 Å². The number of carbonyl (C=O) groups is 1. The molecule has 2 aromatic carbocycles. The zero-order chi connectivity index (χ0) is 15.8. The maximum absolute atomic E-state index is 11.3. The minimum absolute atomic E-state index is 0.551. The summed E-state index contributed by atoms with van der Waals surface area (Å²) < 4.78 is 5.90. The molecule has 2 rings (SSSR count). The summed E-state index contributed by atoms with van der Waals surface area (Å²) >= 11 is 0. The zero-order valence-electron chi connectivity index (χ0n) is 13.5. The Kier molecular flexibility index (Phi) is 6.20. The Morgan fingerprint density at radius 2 is 1.86 bits per heavy atom. The van der Waals surface area contributed by atoms with E-state index in [1.807, 2.05) is 37.3 Å². The fourth-order valence-electron chi connectivity index (χ4n) is 2.60. The number of hydrogen-bond donors (Lipinski definition) is 0. The van der Waals surface area contributed by atoms with Crippen LogP contribution in [-0.4, -0.2) is 6.29 Å². The monoisotopic (exact) mass is 296 g/mol. The molecule has 2 heteroatoms. The van der Waals surface area contributed by atoms with E-state index >= 15 is 0 Å². The van der Waals surface area contributed by atoms with Crippen LogP contribution in [-0.2, 0) is 13.0 Å². The summed E-state index contributed by atoms with van der Waals surface area (Å²) in [6.07, 6.45) is 5.38. The first-order valence-electron chi connectivity index (χ1n) is 8.00. The summed E-state index contributed by atoms with van der Waals surface area (Å²) in [4.78, 5) is 11.3. The highest BCUT2D eigenvalue weighted by molar-refractivity contribution is 5.80. The number of aryl methyl sites for hydroxylation is 2. The van der Waals surface area contributed by atoms with Gasteiger partial charge in [-0.05, 0) is 48.6 Å². The predicted octanol–water partition coefficient (Wildman–Crippen LogP) is 5.12. The molecule has 0 bridgehead atoms. The first-order valence-corrected chi connectivity index (χ1v) is 8.00. The van der Waals surface area contributed by atoms with Gasteiger partial charge in [0, 0.05) is 5.56 Å². The fourth-order valence-corrected chi connectivity index (χ4v) is 2.60. The number of rotatable bonds is 8. The van der Waals surface area contributed by atoms with Crippen molar-refractivity contribution >= 4 is 6.29 Å². The topological polar surface area (TPSA) is 26.3 Å². The van der Waals surface area contributed by atoms with E-state index in [0.717, 1.165) is 47.1 Å². The number of carbonyl (C=O) groups excluding carboxylic acids is 1. The average Bonchev–Trinajstić information content (AvgIpc) is 2.54. The zero-order valence-corrected chi connectivity index (χ0v) is 13.5. The summed E-state index contributed by atoms with van der Waals surface area (Å²) in [6, 6.07) is 14.1. The predicted molar refractivity (Wildman–Crippen MR) is 90.6 cm³/mol. The minimum Gasteiger partial charge on any atom is -0.489 e. The lowest BCUT2D eigenvalue weighted by atomic mass is 9.97. The van der Waals surface area contributed by atoms with Crippen molar-refractivity contribution in [2.75, 3.05) is 0 Å². The van der Waals surface area contributed by atoms with E-state index in [0.29, 0.717) is 6.61 Å². The Hall–Kier alpha value is -2.09. The van der Waals surface area contributed by atoms with Crippen molar-refractivity contribution in [1.29, 1.82) is 0 Å². The Morgan fingerprint density at radius 3 is 2.55 bits per heavy atom. The van der Waals surface area contributed by atoms with E-state index in [2.05, 4.69) is 19.1 Å². The van der Waals surface area contributed by atoms with Crippen LogP contribution in [0.25, 0.3) is 0 Å². The lowest BCUT2D eigenvalue weighted by Gasteiger charge is -2.13. The Morgan fingerprint density at radius 1 is 1.09 bits per heavy atom. The first-order chi connectivity index (χ1) is 10.7. The summed E-state index contributed by atoms with van der Waals surface area (Å²) in [5, 5.41) is 0. The van der Waals surface area contributed by atoms with Crippen molar-refractivity contribution in [2.45, 2.75) is 46.1 Å². The van der Waals surface area contributed by atoms with Gasteiger partial charge in [-0.25, -0.2) is 0 Å². The van der Waals surface area contributed by atoms with Crippen LogP contribution in [0.5, 0.6) is 5.75 Å². The highest BCUT2D eigenvalue weighted by Crippen LogP contribution is 2.24. The molecule has 0 aliphatic rings. The fraction of sp³-hybridized carbons (Fsp3) is 0.350. The van der Waals surface area contributed by atoms with Crippen LogP contribution in [0.2, 0.25) is 0 Å².